The first-order chi connectivity index (χ1) is 9.60. The molecule has 21 heavy (non-hydrogen) atoms. The molecule has 0 atom stereocenters. The maximum absolute atomic E-state index is 13.4. The van der Waals surface area contributed by atoms with Gasteiger partial charge in [-0.2, -0.15) is 0 Å². The summed E-state index contributed by atoms with van der Waals surface area (Å²) in [6.45, 7) is 2.17. The van der Waals surface area contributed by atoms with Crippen molar-refractivity contribution in [1.29, 1.82) is 0 Å². The maximum atomic E-state index is 13.4. The van der Waals surface area contributed by atoms with E-state index in [9.17, 15) is 17.6 Å². The standard InChI is InChI=1S/C14H17FN2O3S/c1-13-6-14(7-13,8-13)16-12(18)10-5-9(15)3-4-11(10)17-21(2,19)20/h3-5,17H,6-8H2,1-2H3,(H,16,18). The fourth-order valence-electron chi connectivity index (χ4n) is 3.73. The van der Waals surface area contributed by atoms with Crippen LogP contribution in [0.2, 0.25) is 0 Å². The SMILES string of the molecule is CC12CC(NC(=O)c3cc(F)ccc3NS(C)(=O)=O)(C1)C2. The molecule has 0 unspecified atom stereocenters. The zero-order valence-corrected chi connectivity index (χ0v) is 12.7. The molecular formula is C14H17FN2O3S. The number of amides is 1. The topological polar surface area (TPSA) is 75.3 Å². The van der Waals surface area contributed by atoms with Crippen LogP contribution in [-0.4, -0.2) is 26.1 Å². The smallest absolute Gasteiger partial charge is 0.253 e. The van der Waals surface area contributed by atoms with Gasteiger partial charge in [0, 0.05) is 5.54 Å². The molecule has 3 aliphatic carbocycles. The third-order valence-corrected chi connectivity index (χ3v) is 4.79. The van der Waals surface area contributed by atoms with Crippen LogP contribution in [-0.2, 0) is 10.0 Å². The van der Waals surface area contributed by atoms with Gasteiger partial charge < -0.3 is 5.32 Å². The molecule has 3 fully saturated rings. The van der Waals surface area contributed by atoms with E-state index in [4.69, 9.17) is 0 Å². The quantitative estimate of drug-likeness (QED) is 0.891. The Morgan fingerprint density at radius 1 is 1.29 bits per heavy atom. The fraction of sp³-hybridized carbons (Fsp3) is 0.500. The predicted molar refractivity (Wildman–Crippen MR) is 77.0 cm³/mol. The van der Waals surface area contributed by atoms with Gasteiger partial charge in [-0.1, -0.05) is 6.92 Å². The van der Waals surface area contributed by atoms with Gasteiger partial charge in [-0.25, -0.2) is 12.8 Å². The highest BCUT2D eigenvalue weighted by Crippen LogP contribution is 2.66. The summed E-state index contributed by atoms with van der Waals surface area (Å²) in [7, 11) is -3.53. The lowest BCUT2D eigenvalue weighted by molar-refractivity contribution is -0.132. The molecule has 1 amide bonds. The summed E-state index contributed by atoms with van der Waals surface area (Å²) >= 11 is 0. The number of hydrogen-bond acceptors (Lipinski definition) is 3. The minimum Gasteiger partial charge on any atom is -0.346 e. The summed E-state index contributed by atoms with van der Waals surface area (Å²) in [5, 5.41) is 2.91. The molecule has 0 heterocycles. The Morgan fingerprint density at radius 3 is 2.43 bits per heavy atom. The van der Waals surface area contributed by atoms with Crippen LogP contribution in [0.25, 0.3) is 0 Å². The van der Waals surface area contributed by atoms with Crippen molar-refractivity contribution in [2.45, 2.75) is 31.7 Å². The molecule has 4 rings (SSSR count). The van der Waals surface area contributed by atoms with E-state index in [0.29, 0.717) is 5.41 Å². The van der Waals surface area contributed by atoms with Crippen LogP contribution in [0.5, 0.6) is 0 Å². The Kier molecular flexibility index (Phi) is 2.86. The highest BCUT2D eigenvalue weighted by Gasteiger charge is 2.65. The largest absolute Gasteiger partial charge is 0.346 e. The molecular weight excluding hydrogens is 295 g/mol. The van der Waals surface area contributed by atoms with Crippen LogP contribution >= 0.6 is 0 Å². The Hall–Kier alpha value is -1.63. The molecule has 0 radical (unpaired) electrons. The van der Waals surface area contributed by atoms with Gasteiger partial charge in [0.15, 0.2) is 0 Å². The molecule has 3 aliphatic rings. The van der Waals surface area contributed by atoms with Crippen molar-refractivity contribution in [3.05, 3.63) is 29.6 Å². The lowest BCUT2D eigenvalue weighted by Gasteiger charge is -2.69. The highest BCUT2D eigenvalue weighted by atomic mass is 32.2. The van der Waals surface area contributed by atoms with Crippen molar-refractivity contribution in [2.75, 3.05) is 11.0 Å². The van der Waals surface area contributed by atoms with Crippen LogP contribution in [0.3, 0.4) is 0 Å². The molecule has 0 aromatic heterocycles. The van der Waals surface area contributed by atoms with Gasteiger partial charge >= 0.3 is 0 Å². The Morgan fingerprint density at radius 2 is 1.90 bits per heavy atom. The number of rotatable bonds is 4. The zero-order valence-electron chi connectivity index (χ0n) is 11.9. The van der Waals surface area contributed by atoms with Crippen molar-refractivity contribution in [1.82, 2.24) is 5.32 Å². The second-order valence-corrected chi connectivity index (χ2v) is 8.39. The number of hydrogen-bond donors (Lipinski definition) is 2. The van der Waals surface area contributed by atoms with E-state index in [1.54, 1.807) is 0 Å². The van der Waals surface area contributed by atoms with Gasteiger partial charge in [-0.3, -0.25) is 9.52 Å². The first-order valence-electron chi connectivity index (χ1n) is 6.70. The van der Waals surface area contributed by atoms with Gasteiger partial charge in [0.1, 0.15) is 5.82 Å². The molecule has 2 bridgehead atoms. The average Bonchev–Trinajstić information content (AvgIpc) is 2.26. The van der Waals surface area contributed by atoms with Gasteiger partial charge in [0.05, 0.1) is 17.5 Å². The summed E-state index contributed by atoms with van der Waals surface area (Å²) in [5.41, 5.74) is 0.258. The molecule has 0 spiro atoms. The Balaban J connectivity index is 1.83. The summed E-state index contributed by atoms with van der Waals surface area (Å²) in [6, 6.07) is 3.43. The predicted octanol–water partition coefficient (Wildman–Crippen LogP) is 1.87. The highest BCUT2D eigenvalue weighted by molar-refractivity contribution is 7.92. The number of carbonyl (C=O) groups excluding carboxylic acids is 1. The first kappa shape index (κ1) is 14.3. The van der Waals surface area contributed by atoms with Crippen LogP contribution in [0.15, 0.2) is 18.2 Å². The molecule has 0 saturated heterocycles. The van der Waals surface area contributed by atoms with Gasteiger partial charge in [-0.15, -0.1) is 0 Å². The summed E-state index contributed by atoms with van der Waals surface area (Å²) < 4.78 is 38.3. The Bertz CT molecular complexity index is 710. The summed E-state index contributed by atoms with van der Waals surface area (Å²) in [6.07, 6.45) is 3.77. The zero-order chi connectivity index (χ0) is 15.5. The van der Waals surface area contributed by atoms with E-state index >= 15 is 0 Å². The van der Waals surface area contributed by atoms with Crippen molar-refractivity contribution in [2.24, 2.45) is 5.41 Å². The minimum absolute atomic E-state index is 0.00954. The monoisotopic (exact) mass is 312 g/mol. The molecule has 7 heteroatoms. The van der Waals surface area contributed by atoms with E-state index in [1.807, 2.05) is 0 Å². The normalized spacial score (nSPS) is 30.0. The number of halogens is 1. The number of benzene rings is 1. The molecule has 1 aromatic rings. The van der Waals surface area contributed by atoms with Crippen LogP contribution < -0.4 is 10.0 Å². The van der Waals surface area contributed by atoms with E-state index in [-0.39, 0.29) is 16.8 Å². The molecule has 5 nitrogen and oxygen atoms in total. The molecule has 114 valence electrons. The van der Waals surface area contributed by atoms with E-state index in [2.05, 4.69) is 17.0 Å². The van der Waals surface area contributed by atoms with Crippen LogP contribution in [0.1, 0.15) is 36.5 Å². The third kappa shape index (κ3) is 2.62. The fourth-order valence-corrected chi connectivity index (χ4v) is 4.31. The lowest BCUT2D eigenvalue weighted by Crippen LogP contribution is -2.73. The minimum atomic E-state index is -3.53. The molecule has 2 N–H and O–H groups in total. The van der Waals surface area contributed by atoms with Crippen molar-refractivity contribution in [3.63, 3.8) is 0 Å². The van der Waals surface area contributed by atoms with E-state index in [1.165, 1.54) is 6.07 Å². The lowest BCUT2D eigenvalue weighted by atomic mass is 9.40. The number of carbonyl (C=O) groups is 1. The third-order valence-electron chi connectivity index (χ3n) is 4.20. The second kappa shape index (κ2) is 4.19. The number of sulfonamides is 1. The van der Waals surface area contributed by atoms with Crippen LogP contribution in [0, 0.1) is 11.2 Å². The number of anilines is 1. The van der Waals surface area contributed by atoms with Crippen LogP contribution in [0.4, 0.5) is 10.1 Å². The Labute approximate surface area is 123 Å². The maximum Gasteiger partial charge on any atom is 0.253 e. The molecule has 0 aliphatic heterocycles. The van der Waals surface area contributed by atoms with Crippen molar-refractivity contribution < 1.29 is 17.6 Å². The van der Waals surface area contributed by atoms with Gasteiger partial charge in [0.25, 0.3) is 5.91 Å². The summed E-state index contributed by atoms with van der Waals surface area (Å²) in [4.78, 5) is 12.3. The van der Waals surface area contributed by atoms with Crippen molar-refractivity contribution >= 4 is 21.6 Å². The molecule has 3 saturated carbocycles. The second-order valence-electron chi connectivity index (χ2n) is 6.64. The summed E-state index contributed by atoms with van der Waals surface area (Å²) in [5.74, 6) is -1.02. The molecule has 1 aromatic carbocycles. The van der Waals surface area contributed by atoms with E-state index < -0.39 is 21.7 Å². The van der Waals surface area contributed by atoms with E-state index in [0.717, 1.165) is 37.7 Å². The first-order valence-corrected chi connectivity index (χ1v) is 8.59. The number of nitrogens with one attached hydrogen (secondary N) is 2. The van der Waals surface area contributed by atoms with Gasteiger partial charge in [0.2, 0.25) is 10.0 Å². The van der Waals surface area contributed by atoms with Crippen molar-refractivity contribution in [3.8, 4) is 0 Å². The average molecular weight is 312 g/mol. The van der Waals surface area contributed by atoms with Gasteiger partial charge in [-0.05, 0) is 42.9 Å².